The van der Waals surface area contributed by atoms with E-state index in [4.69, 9.17) is 0 Å². The van der Waals surface area contributed by atoms with Gasteiger partial charge in [0, 0.05) is 30.9 Å². The molecule has 3 rings (SSSR count). The second-order valence-electron chi connectivity index (χ2n) is 5.56. The monoisotopic (exact) mass is 347 g/mol. The van der Waals surface area contributed by atoms with E-state index in [0.717, 1.165) is 11.0 Å². The zero-order chi connectivity index (χ0) is 17.0. The summed E-state index contributed by atoms with van der Waals surface area (Å²) < 4.78 is 41.5. The number of aromatic nitrogens is 2. The summed E-state index contributed by atoms with van der Waals surface area (Å²) in [5, 5.41) is 1.06. The minimum atomic E-state index is -3.43. The zero-order valence-corrected chi connectivity index (χ0v) is 13.8. The van der Waals surface area contributed by atoms with E-state index in [2.05, 4.69) is 9.71 Å². The van der Waals surface area contributed by atoms with Gasteiger partial charge in [0.1, 0.15) is 11.5 Å². The highest BCUT2D eigenvalue weighted by atomic mass is 32.2. The molecule has 0 aliphatic rings. The van der Waals surface area contributed by atoms with E-state index in [1.54, 1.807) is 6.20 Å². The molecule has 2 heterocycles. The topological polar surface area (TPSA) is 64.0 Å². The van der Waals surface area contributed by atoms with Crippen LogP contribution in [-0.2, 0) is 22.3 Å². The second kappa shape index (κ2) is 7.11. The largest absolute Gasteiger partial charge is 0.332 e. The Hall–Kier alpha value is -2.25. The Kier molecular flexibility index (Phi) is 4.92. The summed E-state index contributed by atoms with van der Waals surface area (Å²) in [4.78, 5) is 4.33. The van der Waals surface area contributed by atoms with Gasteiger partial charge in [-0.3, -0.25) is 0 Å². The highest BCUT2D eigenvalue weighted by Crippen LogP contribution is 2.12. The van der Waals surface area contributed by atoms with Gasteiger partial charge in [-0.2, -0.15) is 0 Å². The second-order valence-corrected chi connectivity index (χ2v) is 7.37. The molecule has 0 saturated carbocycles. The number of fused-ring (bicyclic) bond motifs is 1. The van der Waals surface area contributed by atoms with Gasteiger partial charge in [-0.1, -0.05) is 12.1 Å². The first kappa shape index (κ1) is 16.6. The molecule has 0 fully saturated rings. The van der Waals surface area contributed by atoms with E-state index in [-0.39, 0.29) is 11.6 Å². The van der Waals surface area contributed by atoms with E-state index < -0.39 is 10.0 Å². The standard InChI is InChI=1S/C17H18FN3O2S/c18-16-6-4-14(5-7-16)13-24(22,23)20-10-2-11-21-12-8-15-3-1-9-19-17(15)21/h1,3-9,12,20H,2,10-11,13H2. The third kappa shape index (κ3) is 4.18. The molecule has 24 heavy (non-hydrogen) atoms. The van der Waals surface area contributed by atoms with Gasteiger partial charge >= 0.3 is 0 Å². The average molecular weight is 347 g/mol. The molecule has 0 aliphatic heterocycles. The van der Waals surface area contributed by atoms with Crippen molar-refractivity contribution in [2.75, 3.05) is 6.54 Å². The summed E-state index contributed by atoms with van der Waals surface area (Å²) in [6.45, 7) is 1.02. The number of sulfonamides is 1. The highest BCUT2D eigenvalue weighted by Gasteiger charge is 2.11. The summed E-state index contributed by atoms with van der Waals surface area (Å²) in [6, 6.07) is 11.3. The lowest BCUT2D eigenvalue weighted by molar-refractivity contribution is 0.570. The molecule has 5 nitrogen and oxygen atoms in total. The fraction of sp³-hybridized carbons (Fsp3) is 0.235. The van der Waals surface area contributed by atoms with Crippen molar-refractivity contribution in [2.45, 2.75) is 18.7 Å². The fourth-order valence-electron chi connectivity index (χ4n) is 2.53. The summed E-state index contributed by atoms with van der Waals surface area (Å²) in [5.41, 5.74) is 1.45. The minimum absolute atomic E-state index is 0.152. The molecule has 126 valence electrons. The van der Waals surface area contributed by atoms with Crippen LogP contribution in [0.2, 0.25) is 0 Å². The van der Waals surface area contributed by atoms with Crippen LogP contribution in [0.1, 0.15) is 12.0 Å². The maximum absolute atomic E-state index is 12.8. The molecule has 0 saturated heterocycles. The first-order chi connectivity index (χ1) is 11.5. The molecule has 0 spiro atoms. The van der Waals surface area contributed by atoms with Crippen LogP contribution < -0.4 is 4.72 Å². The van der Waals surface area contributed by atoms with Gasteiger partial charge in [-0.05, 0) is 42.3 Å². The molecular formula is C17H18FN3O2S. The predicted molar refractivity (Wildman–Crippen MR) is 91.4 cm³/mol. The van der Waals surface area contributed by atoms with Crippen molar-refractivity contribution in [1.82, 2.24) is 14.3 Å². The molecule has 0 radical (unpaired) electrons. The lowest BCUT2D eigenvalue weighted by Crippen LogP contribution is -2.26. The molecule has 7 heteroatoms. The first-order valence-corrected chi connectivity index (χ1v) is 9.30. The minimum Gasteiger partial charge on any atom is -0.332 e. The van der Waals surface area contributed by atoms with Gasteiger partial charge in [0.2, 0.25) is 10.0 Å². The number of nitrogens with one attached hydrogen (secondary N) is 1. The van der Waals surface area contributed by atoms with E-state index in [9.17, 15) is 12.8 Å². The number of benzene rings is 1. The van der Waals surface area contributed by atoms with Crippen molar-refractivity contribution < 1.29 is 12.8 Å². The quantitative estimate of drug-likeness (QED) is 0.668. The highest BCUT2D eigenvalue weighted by molar-refractivity contribution is 7.88. The van der Waals surface area contributed by atoms with Crippen LogP contribution in [0.3, 0.4) is 0 Å². The molecule has 0 aliphatic carbocycles. The Balaban J connectivity index is 1.51. The van der Waals surface area contributed by atoms with Crippen LogP contribution >= 0.6 is 0 Å². The summed E-state index contributed by atoms with van der Waals surface area (Å²) in [6.07, 6.45) is 4.35. The van der Waals surface area contributed by atoms with Crippen LogP contribution in [0.5, 0.6) is 0 Å². The van der Waals surface area contributed by atoms with Crippen molar-refractivity contribution in [1.29, 1.82) is 0 Å². The molecule has 0 atom stereocenters. The Bertz CT molecular complexity index is 920. The molecule has 0 amide bonds. The maximum Gasteiger partial charge on any atom is 0.215 e. The van der Waals surface area contributed by atoms with Gasteiger partial charge in [-0.25, -0.2) is 22.5 Å². The normalized spacial score (nSPS) is 11.9. The number of pyridine rings is 1. The Morgan fingerprint density at radius 2 is 1.92 bits per heavy atom. The third-order valence-corrected chi connectivity index (χ3v) is 5.05. The summed E-state index contributed by atoms with van der Waals surface area (Å²) in [7, 11) is -3.43. The molecule has 0 bridgehead atoms. The molecular weight excluding hydrogens is 329 g/mol. The van der Waals surface area contributed by atoms with Crippen LogP contribution in [0, 0.1) is 5.82 Å². The summed E-state index contributed by atoms with van der Waals surface area (Å²) >= 11 is 0. The Morgan fingerprint density at radius 1 is 1.12 bits per heavy atom. The van der Waals surface area contributed by atoms with Crippen LogP contribution in [0.15, 0.2) is 54.9 Å². The number of halogens is 1. The molecule has 3 aromatic rings. The molecule has 1 N–H and O–H groups in total. The molecule has 1 aromatic carbocycles. The van der Waals surface area contributed by atoms with Crippen LogP contribution in [-0.4, -0.2) is 24.5 Å². The number of nitrogens with zero attached hydrogens (tertiary/aromatic N) is 2. The first-order valence-electron chi connectivity index (χ1n) is 7.65. The van der Waals surface area contributed by atoms with Crippen LogP contribution in [0.25, 0.3) is 11.0 Å². The number of hydrogen-bond acceptors (Lipinski definition) is 3. The maximum atomic E-state index is 12.8. The number of aryl methyl sites for hydroxylation is 1. The molecule has 2 aromatic heterocycles. The van der Waals surface area contributed by atoms with E-state index >= 15 is 0 Å². The van der Waals surface area contributed by atoms with Gasteiger partial charge in [-0.15, -0.1) is 0 Å². The van der Waals surface area contributed by atoms with Crippen molar-refractivity contribution in [2.24, 2.45) is 0 Å². The van der Waals surface area contributed by atoms with Crippen molar-refractivity contribution in [3.63, 3.8) is 0 Å². The lowest BCUT2D eigenvalue weighted by atomic mass is 10.2. The smallest absolute Gasteiger partial charge is 0.215 e. The Morgan fingerprint density at radius 3 is 2.71 bits per heavy atom. The number of rotatable bonds is 7. The SMILES string of the molecule is O=S(=O)(Cc1ccc(F)cc1)NCCCn1ccc2cccnc21. The van der Waals surface area contributed by atoms with Crippen molar-refractivity contribution in [3.05, 3.63) is 66.2 Å². The Labute approximate surface area is 140 Å². The van der Waals surface area contributed by atoms with Gasteiger partial charge < -0.3 is 4.57 Å². The van der Waals surface area contributed by atoms with E-state index in [1.165, 1.54) is 24.3 Å². The van der Waals surface area contributed by atoms with E-state index in [1.807, 2.05) is 29.0 Å². The third-order valence-electron chi connectivity index (χ3n) is 3.69. The summed E-state index contributed by atoms with van der Waals surface area (Å²) in [5.74, 6) is -0.530. The van der Waals surface area contributed by atoms with E-state index in [0.29, 0.717) is 25.1 Å². The van der Waals surface area contributed by atoms with Gasteiger partial charge in [0.15, 0.2) is 0 Å². The number of hydrogen-bond donors (Lipinski definition) is 1. The van der Waals surface area contributed by atoms with Crippen molar-refractivity contribution in [3.8, 4) is 0 Å². The van der Waals surface area contributed by atoms with Crippen molar-refractivity contribution >= 4 is 21.1 Å². The predicted octanol–water partition coefficient (Wildman–Crippen LogP) is 2.69. The fourth-order valence-corrected chi connectivity index (χ4v) is 3.72. The lowest BCUT2D eigenvalue weighted by Gasteiger charge is -2.08. The van der Waals surface area contributed by atoms with Gasteiger partial charge in [0.05, 0.1) is 5.75 Å². The van der Waals surface area contributed by atoms with Crippen LogP contribution in [0.4, 0.5) is 4.39 Å². The zero-order valence-electron chi connectivity index (χ0n) is 13.0. The molecule has 0 unspecified atom stereocenters. The average Bonchev–Trinajstić information content (AvgIpc) is 2.97. The van der Waals surface area contributed by atoms with Gasteiger partial charge in [0.25, 0.3) is 0 Å².